The van der Waals surface area contributed by atoms with Crippen LogP contribution in [0.1, 0.15) is 128 Å². The Morgan fingerprint density at radius 2 is 1.17 bits per heavy atom. The molecule has 12 nitrogen and oxygen atoms in total. The van der Waals surface area contributed by atoms with E-state index in [0.29, 0.717) is 39.8 Å². The van der Waals surface area contributed by atoms with Crippen LogP contribution < -0.4 is 0 Å². The van der Waals surface area contributed by atoms with Crippen LogP contribution in [0.2, 0.25) is 51.4 Å². The highest BCUT2D eigenvalue weighted by Crippen LogP contribution is 2.39. The number of likely N-dealkylation sites (tertiary alicyclic amines) is 2. The fourth-order valence-electron chi connectivity index (χ4n) is 8.61. The van der Waals surface area contributed by atoms with Gasteiger partial charge in [0.25, 0.3) is 0 Å². The Kier molecular flexibility index (Phi) is 15.3. The van der Waals surface area contributed by atoms with Crippen molar-refractivity contribution < 1.29 is 28.5 Å². The molecule has 0 N–H and O–H groups in total. The van der Waals surface area contributed by atoms with Crippen molar-refractivity contribution in [3.8, 4) is 11.3 Å². The maximum atomic E-state index is 13.4. The lowest BCUT2D eigenvalue weighted by Crippen LogP contribution is -2.37. The average molecular weight is 915 g/mol. The first-order valence-electron chi connectivity index (χ1n) is 23.7. The second-order valence-corrected chi connectivity index (χ2v) is 33.9. The van der Waals surface area contributed by atoms with Crippen molar-refractivity contribution in [2.24, 2.45) is 0 Å². The topological polar surface area (TPSA) is 113 Å². The third-order valence-electron chi connectivity index (χ3n) is 12.5. The van der Waals surface area contributed by atoms with Crippen molar-refractivity contribution in [1.29, 1.82) is 0 Å². The number of ether oxygens (including phenoxy) is 4. The Labute approximate surface area is 385 Å². The van der Waals surface area contributed by atoms with Crippen LogP contribution in [0.3, 0.4) is 0 Å². The molecule has 6 rings (SSSR count). The van der Waals surface area contributed by atoms with Crippen LogP contribution in [0.15, 0.2) is 48.7 Å². The zero-order chi connectivity index (χ0) is 46.8. The van der Waals surface area contributed by atoms with E-state index in [2.05, 4.69) is 105 Å². The predicted molar refractivity (Wildman–Crippen MR) is 262 cm³/mol. The van der Waals surface area contributed by atoms with Crippen LogP contribution in [0.4, 0.5) is 9.59 Å². The maximum absolute atomic E-state index is 13.4. The Morgan fingerprint density at radius 3 is 1.69 bits per heavy atom. The number of hydrogen-bond acceptors (Lipinski definition) is 8. The normalized spacial score (nSPS) is 18.5. The molecule has 2 aromatic heterocycles. The van der Waals surface area contributed by atoms with Gasteiger partial charge in [-0.25, -0.2) is 19.6 Å². The van der Waals surface area contributed by atoms with Gasteiger partial charge in [-0.2, -0.15) is 0 Å². The number of imidazole rings is 2. The van der Waals surface area contributed by atoms with Crippen molar-refractivity contribution in [2.75, 3.05) is 26.3 Å². The summed E-state index contributed by atoms with van der Waals surface area (Å²) in [7, 11) is -2.58. The third kappa shape index (κ3) is 12.7. The quantitative estimate of drug-likeness (QED) is 0.0807. The minimum Gasteiger partial charge on any atom is -0.444 e. The number of carbonyl (C=O) groups is 2. The molecule has 2 aromatic carbocycles. The Hall–Kier alpha value is -3.99. The molecule has 4 heterocycles. The molecule has 2 amide bonds. The van der Waals surface area contributed by atoms with E-state index in [1.807, 2.05) is 57.5 Å². The number of amides is 2. The number of aromatic nitrogens is 4. The van der Waals surface area contributed by atoms with Gasteiger partial charge in [-0.1, -0.05) is 83.5 Å². The second kappa shape index (κ2) is 19.9. The molecule has 2 saturated heterocycles. The molecule has 0 bridgehead atoms. The van der Waals surface area contributed by atoms with Gasteiger partial charge in [0, 0.05) is 42.5 Å². The van der Waals surface area contributed by atoms with Crippen molar-refractivity contribution in [3.05, 3.63) is 71.4 Å². The second-order valence-electron chi connectivity index (χ2n) is 22.6. The van der Waals surface area contributed by atoms with Crippen LogP contribution in [0.25, 0.3) is 22.3 Å². The van der Waals surface area contributed by atoms with Gasteiger partial charge >= 0.3 is 12.2 Å². The fourth-order valence-corrected chi connectivity index (χ4v) is 10.1. The molecule has 14 heteroatoms. The van der Waals surface area contributed by atoms with Gasteiger partial charge in [0.2, 0.25) is 0 Å². The molecule has 2 unspecified atom stereocenters. The van der Waals surface area contributed by atoms with Crippen LogP contribution in [0, 0.1) is 0 Å². The summed E-state index contributed by atoms with van der Waals surface area (Å²) in [4.78, 5) is 40.7. The lowest BCUT2D eigenvalue weighted by molar-refractivity contribution is 0.0195. The van der Waals surface area contributed by atoms with Gasteiger partial charge < -0.3 is 28.1 Å². The molecule has 352 valence electrons. The summed E-state index contributed by atoms with van der Waals surface area (Å²) >= 11 is 0. The fraction of sp³-hybridized carbons (Fsp3) is 0.640. The number of rotatable bonds is 16. The first-order chi connectivity index (χ1) is 29.9. The minimum absolute atomic E-state index is 0.187. The number of nitrogens with zero attached hydrogens (tertiary/aromatic N) is 6. The van der Waals surface area contributed by atoms with E-state index in [1.54, 1.807) is 0 Å². The van der Waals surface area contributed by atoms with Gasteiger partial charge in [0.15, 0.2) is 0 Å². The van der Waals surface area contributed by atoms with Gasteiger partial charge in [-0.05, 0) is 120 Å². The SMILES string of the molecule is CC(c1ccc(-c2cnc([C@@H]3CCCN3C(=O)OC(C)(C)C)n2COCC[Si](C)(C)C)cc1)C(C)c1ccc2nc([C@@H]3CCCN3C(=O)OC(C)(C)C)n(COCC[Si](C)(C)C)c2c1. The van der Waals surface area contributed by atoms with Crippen molar-refractivity contribution in [1.82, 2.24) is 28.9 Å². The standard InChI is InChI=1S/C50H78N6O6Si2/c1-35(36(2)39-23-24-40-43(31-39)55(33-59-27-29-63(9,10)11)46(52-40)42-18-16-26-54(42)48(58)62-50(6,7)8)37-19-21-38(22-20-37)44-32-51-45(56(44)34-60-28-30-64(12,13)14)41-17-15-25-53(41)47(57)61-49(3,4)5/h19-24,31-32,35-36,41-42H,15-18,25-30,33-34H2,1-14H3/t35?,36?,41-,42-/m0/s1. The van der Waals surface area contributed by atoms with Crippen LogP contribution >= 0.6 is 0 Å². The van der Waals surface area contributed by atoms with Crippen molar-refractivity contribution >= 4 is 39.4 Å². The van der Waals surface area contributed by atoms with E-state index in [1.165, 1.54) is 11.1 Å². The summed E-state index contributed by atoms with van der Waals surface area (Å²) in [5, 5.41) is 0. The highest BCUT2D eigenvalue weighted by molar-refractivity contribution is 6.76. The predicted octanol–water partition coefficient (Wildman–Crippen LogP) is 12.6. The van der Waals surface area contributed by atoms with Crippen LogP contribution in [0.5, 0.6) is 0 Å². The summed E-state index contributed by atoms with van der Waals surface area (Å²) in [6.45, 7) is 33.6. The lowest BCUT2D eigenvalue weighted by Gasteiger charge is -2.29. The molecule has 0 saturated carbocycles. The maximum Gasteiger partial charge on any atom is 0.410 e. The van der Waals surface area contributed by atoms with E-state index < -0.39 is 27.3 Å². The minimum atomic E-state index is -1.29. The van der Waals surface area contributed by atoms with Gasteiger partial charge in [0.1, 0.15) is 36.3 Å². The molecule has 2 aliphatic heterocycles. The molecule has 0 radical (unpaired) electrons. The van der Waals surface area contributed by atoms with E-state index in [9.17, 15) is 9.59 Å². The molecule has 0 aliphatic carbocycles. The van der Waals surface area contributed by atoms with Crippen molar-refractivity contribution in [2.45, 2.75) is 181 Å². The molecular formula is C50H78N6O6Si2. The summed E-state index contributed by atoms with van der Waals surface area (Å²) < 4.78 is 28.8. The molecule has 2 aliphatic rings. The average Bonchev–Trinajstić information content (AvgIpc) is 4.01. The highest BCUT2D eigenvalue weighted by atomic mass is 28.3. The van der Waals surface area contributed by atoms with Gasteiger partial charge in [-0.15, -0.1) is 0 Å². The monoisotopic (exact) mass is 915 g/mol. The number of hydrogen-bond donors (Lipinski definition) is 0. The summed E-state index contributed by atoms with van der Waals surface area (Å²) in [5.74, 6) is 2.09. The molecule has 0 spiro atoms. The van der Waals surface area contributed by atoms with Crippen LogP contribution in [-0.4, -0.2) is 94.7 Å². The zero-order valence-corrected chi connectivity index (χ0v) is 43.5. The van der Waals surface area contributed by atoms with E-state index >= 15 is 0 Å². The highest BCUT2D eigenvalue weighted by Gasteiger charge is 2.38. The lowest BCUT2D eigenvalue weighted by atomic mass is 9.83. The molecule has 2 fully saturated rings. The van der Waals surface area contributed by atoms with Crippen LogP contribution in [-0.2, 0) is 32.4 Å². The summed E-state index contributed by atoms with van der Waals surface area (Å²) in [5.41, 5.74) is 5.25. The molecular weight excluding hydrogens is 837 g/mol. The first-order valence-corrected chi connectivity index (χ1v) is 31.1. The van der Waals surface area contributed by atoms with E-state index in [4.69, 9.17) is 28.9 Å². The van der Waals surface area contributed by atoms with E-state index in [0.717, 1.165) is 71.7 Å². The first kappa shape index (κ1) is 49.4. The largest absolute Gasteiger partial charge is 0.444 e. The smallest absolute Gasteiger partial charge is 0.410 e. The Morgan fingerprint density at radius 1 is 0.688 bits per heavy atom. The summed E-state index contributed by atoms with van der Waals surface area (Å²) in [6.07, 6.45) is 4.78. The molecule has 4 atom stereocenters. The molecule has 64 heavy (non-hydrogen) atoms. The Bertz CT molecular complexity index is 2210. The van der Waals surface area contributed by atoms with Gasteiger partial charge in [0.05, 0.1) is 35.0 Å². The van der Waals surface area contributed by atoms with Gasteiger partial charge in [-0.3, -0.25) is 9.80 Å². The number of carbonyl (C=O) groups excluding carboxylic acids is 2. The van der Waals surface area contributed by atoms with E-state index in [-0.39, 0.29) is 36.1 Å². The van der Waals surface area contributed by atoms with Crippen molar-refractivity contribution in [3.63, 3.8) is 0 Å². The number of fused-ring (bicyclic) bond motifs is 1. The zero-order valence-electron chi connectivity index (χ0n) is 41.5. The summed E-state index contributed by atoms with van der Waals surface area (Å²) in [6, 6.07) is 17.2. The Balaban J connectivity index is 1.26. The number of benzene rings is 2. The molecule has 4 aromatic rings. The third-order valence-corrected chi connectivity index (χ3v) is 15.9.